The first kappa shape index (κ1) is 12.9. The van der Waals surface area contributed by atoms with Crippen molar-refractivity contribution in [1.82, 2.24) is 9.80 Å². The topological polar surface area (TPSA) is 52.7 Å². The molecule has 3 N–H and O–H groups in total. The van der Waals surface area contributed by atoms with E-state index >= 15 is 0 Å². The molecule has 1 fully saturated rings. The first-order valence-electron chi connectivity index (χ1n) is 5.98. The van der Waals surface area contributed by atoms with Crippen LogP contribution < -0.4 is 5.73 Å². The van der Waals surface area contributed by atoms with Gasteiger partial charge in [-0.15, -0.1) is 0 Å². The Kier molecular flexibility index (Phi) is 5.53. The molecule has 4 heteroatoms. The molecular weight excluding hydrogens is 190 g/mol. The van der Waals surface area contributed by atoms with Crippen molar-refractivity contribution in [3.63, 3.8) is 0 Å². The van der Waals surface area contributed by atoms with E-state index < -0.39 is 0 Å². The summed E-state index contributed by atoms with van der Waals surface area (Å²) in [4.78, 5) is 4.71. The zero-order valence-electron chi connectivity index (χ0n) is 10.0. The molecular formula is C11H25N3O. The minimum absolute atomic E-state index is 0.354. The predicted molar refractivity (Wildman–Crippen MR) is 62.8 cm³/mol. The Morgan fingerprint density at radius 2 is 2.33 bits per heavy atom. The number of likely N-dealkylation sites (N-methyl/N-ethyl adjacent to an activating group) is 2. The Hall–Kier alpha value is -0.160. The molecule has 0 aromatic rings. The first-order valence-corrected chi connectivity index (χ1v) is 5.98. The van der Waals surface area contributed by atoms with E-state index in [0.29, 0.717) is 19.1 Å². The third kappa shape index (κ3) is 4.07. The van der Waals surface area contributed by atoms with Gasteiger partial charge in [-0.1, -0.05) is 6.92 Å². The summed E-state index contributed by atoms with van der Waals surface area (Å²) in [5.41, 5.74) is 5.39. The predicted octanol–water partition coefficient (Wildman–Crippen LogP) is -0.278. The maximum Gasteiger partial charge on any atom is 0.0789 e. The minimum atomic E-state index is -0.383. The Morgan fingerprint density at radius 3 is 2.93 bits per heavy atom. The van der Waals surface area contributed by atoms with E-state index in [9.17, 15) is 5.11 Å². The van der Waals surface area contributed by atoms with Gasteiger partial charge in [0.15, 0.2) is 0 Å². The van der Waals surface area contributed by atoms with E-state index in [4.69, 9.17) is 5.73 Å². The van der Waals surface area contributed by atoms with Gasteiger partial charge in [-0.3, -0.25) is 4.90 Å². The standard InChI is InChI=1S/C11H25N3O/c1-3-14-6-4-5-10(14)8-13(2)9-11(15)7-12/h10-11,15H,3-9,12H2,1-2H3. The van der Waals surface area contributed by atoms with Gasteiger partial charge in [-0.2, -0.15) is 0 Å². The first-order chi connectivity index (χ1) is 7.17. The molecule has 4 nitrogen and oxygen atoms in total. The number of aliphatic hydroxyl groups is 1. The van der Waals surface area contributed by atoms with Crippen LogP contribution in [0.15, 0.2) is 0 Å². The molecule has 1 heterocycles. The van der Waals surface area contributed by atoms with Gasteiger partial charge in [0.25, 0.3) is 0 Å². The average Bonchev–Trinajstić information content (AvgIpc) is 2.64. The quantitative estimate of drug-likeness (QED) is 0.640. The number of rotatable bonds is 6. The van der Waals surface area contributed by atoms with Crippen molar-refractivity contribution in [2.45, 2.75) is 31.9 Å². The van der Waals surface area contributed by atoms with Gasteiger partial charge in [0.1, 0.15) is 0 Å². The summed E-state index contributed by atoms with van der Waals surface area (Å²) in [7, 11) is 2.06. The molecule has 0 amide bonds. The van der Waals surface area contributed by atoms with Crippen molar-refractivity contribution in [1.29, 1.82) is 0 Å². The van der Waals surface area contributed by atoms with Crippen molar-refractivity contribution in [3.05, 3.63) is 0 Å². The van der Waals surface area contributed by atoms with E-state index in [0.717, 1.165) is 13.1 Å². The molecule has 0 radical (unpaired) electrons. The molecule has 0 aliphatic carbocycles. The molecule has 0 saturated carbocycles. The third-order valence-electron chi connectivity index (χ3n) is 3.22. The maximum absolute atomic E-state index is 9.45. The van der Waals surface area contributed by atoms with Crippen LogP contribution in [0.4, 0.5) is 0 Å². The summed E-state index contributed by atoms with van der Waals surface area (Å²) in [5, 5.41) is 9.45. The van der Waals surface area contributed by atoms with Crippen LogP contribution in [-0.4, -0.2) is 66.8 Å². The zero-order chi connectivity index (χ0) is 11.3. The largest absolute Gasteiger partial charge is 0.390 e. The fourth-order valence-electron chi connectivity index (χ4n) is 2.39. The van der Waals surface area contributed by atoms with Crippen molar-refractivity contribution in [2.75, 3.05) is 39.8 Å². The smallest absolute Gasteiger partial charge is 0.0789 e. The fourth-order valence-corrected chi connectivity index (χ4v) is 2.39. The van der Waals surface area contributed by atoms with Crippen LogP contribution in [0.1, 0.15) is 19.8 Å². The number of likely N-dealkylation sites (tertiary alicyclic amines) is 1. The summed E-state index contributed by atoms with van der Waals surface area (Å²) in [5.74, 6) is 0. The van der Waals surface area contributed by atoms with Crippen LogP contribution in [0, 0.1) is 0 Å². The molecule has 0 aromatic heterocycles. The lowest BCUT2D eigenvalue weighted by Crippen LogP contribution is -2.42. The Balaban J connectivity index is 2.27. The van der Waals surface area contributed by atoms with E-state index in [1.165, 1.54) is 19.4 Å². The molecule has 1 saturated heterocycles. The monoisotopic (exact) mass is 215 g/mol. The number of nitrogens with zero attached hydrogens (tertiary/aromatic N) is 2. The van der Waals surface area contributed by atoms with Gasteiger partial charge in [0.2, 0.25) is 0 Å². The van der Waals surface area contributed by atoms with E-state index in [1.807, 2.05) is 0 Å². The Labute approximate surface area is 93.0 Å². The van der Waals surface area contributed by atoms with Crippen LogP contribution in [0.25, 0.3) is 0 Å². The van der Waals surface area contributed by atoms with Crippen molar-refractivity contribution >= 4 is 0 Å². The highest BCUT2D eigenvalue weighted by atomic mass is 16.3. The lowest BCUT2D eigenvalue weighted by molar-refractivity contribution is 0.114. The summed E-state index contributed by atoms with van der Waals surface area (Å²) in [6, 6.07) is 0.671. The fraction of sp³-hybridized carbons (Fsp3) is 1.00. The van der Waals surface area contributed by atoms with Crippen molar-refractivity contribution in [2.24, 2.45) is 5.73 Å². The lowest BCUT2D eigenvalue weighted by Gasteiger charge is -2.28. The third-order valence-corrected chi connectivity index (χ3v) is 3.22. The van der Waals surface area contributed by atoms with Gasteiger partial charge in [0, 0.05) is 25.7 Å². The summed E-state index contributed by atoms with van der Waals surface area (Å²) in [6.07, 6.45) is 2.22. The van der Waals surface area contributed by atoms with E-state index in [2.05, 4.69) is 23.8 Å². The molecule has 0 bridgehead atoms. The SMILES string of the molecule is CCN1CCCC1CN(C)CC(O)CN. The summed E-state index contributed by atoms with van der Waals surface area (Å²) >= 11 is 0. The molecule has 15 heavy (non-hydrogen) atoms. The van der Waals surface area contributed by atoms with Crippen LogP contribution in [0.5, 0.6) is 0 Å². The number of hydrogen-bond acceptors (Lipinski definition) is 4. The van der Waals surface area contributed by atoms with Crippen LogP contribution in [0.3, 0.4) is 0 Å². The molecule has 2 atom stereocenters. The highest BCUT2D eigenvalue weighted by molar-refractivity contribution is 4.81. The molecule has 1 aliphatic heterocycles. The summed E-state index contributed by atoms with van der Waals surface area (Å²) in [6.45, 7) is 6.67. The number of nitrogens with two attached hydrogens (primary N) is 1. The second-order valence-corrected chi connectivity index (χ2v) is 4.54. The molecule has 1 aliphatic rings. The molecule has 0 aromatic carbocycles. The number of hydrogen-bond donors (Lipinski definition) is 2. The highest BCUT2D eigenvalue weighted by Gasteiger charge is 2.24. The van der Waals surface area contributed by atoms with E-state index in [1.54, 1.807) is 0 Å². The van der Waals surface area contributed by atoms with Crippen LogP contribution in [0.2, 0.25) is 0 Å². The van der Waals surface area contributed by atoms with Gasteiger partial charge < -0.3 is 15.7 Å². The van der Waals surface area contributed by atoms with Gasteiger partial charge in [0.05, 0.1) is 6.10 Å². The van der Waals surface area contributed by atoms with Gasteiger partial charge in [-0.05, 0) is 33.0 Å². The second kappa shape index (κ2) is 6.43. The normalized spacial score (nSPS) is 25.0. The second-order valence-electron chi connectivity index (χ2n) is 4.54. The van der Waals surface area contributed by atoms with Crippen LogP contribution in [-0.2, 0) is 0 Å². The zero-order valence-corrected chi connectivity index (χ0v) is 10.0. The minimum Gasteiger partial charge on any atom is -0.390 e. The van der Waals surface area contributed by atoms with Crippen LogP contribution >= 0.6 is 0 Å². The van der Waals surface area contributed by atoms with Gasteiger partial charge >= 0.3 is 0 Å². The molecule has 2 unspecified atom stereocenters. The maximum atomic E-state index is 9.45. The Morgan fingerprint density at radius 1 is 1.60 bits per heavy atom. The highest BCUT2D eigenvalue weighted by Crippen LogP contribution is 2.17. The Bertz CT molecular complexity index is 177. The average molecular weight is 215 g/mol. The lowest BCUT2D eigenvalue weighted by atomic mass is 10.2. The van der Waals surface area contributed by atoms with Gasteiger partial charge in [-0.25, -0.2) is 0 Å². The summed E-state index contributed by atoms with van der Waals surface area (Å²) < 4.78 is 0. The van der Waals surface area contributed by atoms with E-state index in [-0.39, 0.29) is 6.10 Å². The molecule has 1 rings (SSSR count). The molecule has 90 valence electrons. The van der Waals surface area contributed by atoms with Crippen molar-refractivity contribution < 1.29 is 5.11 Å². The van der Waals surface area contributed by atoms with Crippen molar-refractivity contribution in [3.8, 4) is 0 Å². The molecule has 0 spiro atoms. The number of aliphatic hydroxyl groups excluding tert-OH is 1.